The Balaban J connectivity index is 2.20. The van der Waals surface area contributed by atoms with E-state index in [-0.39, 0.29) is 10.6 Å². The first kappa shape index (κ1) is 17.1. The molecule has 0 aliphatic carbocycles. The number of hydrogen-bond acceptors (Lipinski definition) is 3. The van der Waals surface area contributed by atoms with Gasteiger partial charge in [-0.3, -0.25) is 10.1 Å². The van der Waals surface area contributed by atoms with Gasteiger partial charge < -0.3 is 5.32 Å². The molecule has 0 atom stereocenters. The number of non-ortho nitro benzene ring substituents is 1. The van der Waals surface area contributed by atoms with Gasteiger partial charge in [-0.25, -0.2) is 0 Å². The maximum absolute atomic E-state index is 10.6. The van der Waals surface area contributed by atoms with Gasteiger partial charge in [-0.15, -0.1) is 0 Å². The molecule has 0 aliphatic heterocycles. The highest BCUT2D eigenvalue weighted by Gasteiger charge is 2.08. The van der Waals surface area contributed by atoms with Crippen molar-refractivity contribution in [1.82, 2.24) is 5.32 Å². The molecule has 0 aromatic heterocycles. The van der Waals surface area contributed by atoms with Gasteiger partial charge in [-0.1, -0.05) is 55.0 Å². The number of nitrogens with one attached hydrogen (secondary N) is 1. The number of hydrogen-bond donors (Lipinski definition) is 1. The van der Waals surface area contributed by atoms with Crippen LogP contribution in [0.1, 0.15) is 51.0 Å². The maximum Gasteiger partial charge on any atom is 0.270 e. The summed E-state index contributed by atoms with van der Waals surface area (Å²) in [5, 5.41) is 14.0. The van der Waals surface area contributed by atoms with Crippen molar-refractivity contribution in [2.75, 3.05) is 6.54 Å². The van der Waals surface area contributed by atoms with E-state index in [1.807, 2.05) is 0 Å². The molecule has 4 nitrogen and oxygen atoms in total. The molecule has 0 saturated heterocycles. The van der Waals surface area contributed by atoms with E-state index in [4.69, 9.17) is 0 Å². The van der Waals surface area contributed by atoms with Gasteiger partial charge in [0.15, 0.2) is 0 Å². The van der Waals surface area contributed by atoms with Crippen LogP contribution in [0.25, 0.3) is 0 Å². The second-order valence-electron chi connectivity index (χ2n) is 4.98. The molecule has 0 unspecified atom stereocenters. The predicted octanol–water partition coefficient (Wildman–Crippen LogP) is 4.81. The van der Waals surface area contributed by atoms with Crippen molar-refractivity contribution in [3.63, 3.8) is 0 Å². The first-order chi connectivity index (χ1) is 9.65. The van der Waals surface area contributed by atoms with Crippen LogP contribution in [0.3, 0.4) is 0 Å². The summed E-state index contributed by atoms with van der Waals surface area (Å²) >= 11 is 3.38. The molecule has 1 rings (SSSR count). The summed E-state index contributed by atoms with van der Waals surface area (Å²) in [6, 6.07) is 4.91. The molecule has 1 aromatic carbocycles. The van der Waals surface area contributed by atoms with Crippen molar-refractivity contribution >= 4 is 21.6 Å². The van der Waals surface area contributed by atoms with Crippen molar-refractivity contribution in [1.29, 1.82) is 0 Å². The number of rotatable bonds is 10. The Kier molecular flexibility index (Phi) is 8.46. The molecule has 0 spiro atoms. The summed E-state index contributed by atoms with van der Waals surface area (Å²) in [5.41, 5.74) is 1.18. The summed E-state index contributed by atoms with van der Waals surface area (Å²) in [4.78, 5) is 10.3. The lowest BCUT2D eigenvalue weighted by atomic mass is 10.1. The smallest absolute Gasteiger partial charge is 0.270 e. The maximum atomic E-state index is 10.6. The number of halogens is 1. The number of nitro groups is 1. The summed E-state index contributed by atoms with van der Waals surface area (Å²) < 4.78 is 0.794. The fourth-order valence-corrected chi connectivity index (χ4v) is 2.55. The lowest BCUT2D eigenvalue weighted by Crippen LogP contribution is -2.15. The van der Waals surface area contributed by atoms with E-state index in [2.05, 4.69) is 28.2 Å². The van der Waals surface area contributed by atoms with Crippen molar-refractivity contribution < 1.29 is 4.92 Å². The van der Waals surface area contributed by atoms with Gasteiger partial charge in [0.2, 0.25) is 0 Å². The van der Waals surface area contributed by atoms with Crippen LogP contribution >= 0.6 is 15.9 Å². The fraction of sp³-hybridized carbons (Fsp3) is 0.600. The van der Waals surface area contributed by atoms with Crippen LogP contribution in [0.4, 0.5) is 5.69 Å². The van der Waals surface area contributed by atoms with Crippen LogP contribution in [0.2, 0.25) is 0 Å². The van der Waals surface area contributed by atoms with Crippen LogP contribution in [0, 0.1) is 10.1 Å². The highest BCUT2D eigenvalue weighted by Crippen LogP contribution is 2.22. The van der Waals surface area contributed by atoms with Crippen molar-refractivity contribution in [2.45, 2.75) is 52.0 Å². The average Bonchev–Trinajstić information content (AvgIpc) is 2.43. The molecule has 0 radical (unpaired) electrons. The Hall–Kier alpha value is -0.940. The number of benzene rings is 1. The third-order valence-electron chi connectivity index (χ3n) is 3.27. The highest BCUT2D eigenvalue weighted by molar-refractivity contribution is 9.10. The van der Waals surface area contributed by atoms with Crippen LogP contribution in [-0.2, 0) is 6.54 Å². The molecular formula is C15H23BrN2O2. The number of nitrogens with zero attached hydrogens (tertiary/aromatic N) is 1. The zero-order valence-corrected chi connectivity index (χ0v) is 13.6. The zero-order valence-electron chi connectivity index (χ0n) is 12.0. The van der Waals surface area contributed by atoms with E-state index < -0.39 is 0 Å². The topological polar surface area (TPSA) is 55.2 Å². The predicted molar refractivity (Wildman–Crippen MR) is 85.9 cm³/mol. The number of unbranched alkanes of at least 4 members (excludes halogenated alkanes) is 5. The molecular weight excluding hydrogens is 320 g/mol. The molecule has 0 saturated carbocycles. The van der Waals surface area contributed by atoms with Gasteiger partial charge in [0.1, 0.15) is 0 Å². The van der Waals surface area contributed by atoms with E-state index in [1.165, 1.54) is 38.5 Å². The molecule has 0 aliphatic rings. The van der Waals surface area contributed by atoms with Gasteiger partial charge in [0, 0.05) is 23.2 Å². The zero-order chi connectivity index (χ0) is 14.8. The van der Waals surface area contributed by atoms with Crippen LogP contribution in [0.15, 0.2) is 22.7 Å². The first-order valence-electron chi connectivity index (χ1n) is 7.28. The van der Waals surface area contributed by atoms with Crippen molar-refractivity contribution in [3.05, 3.63) is 38.3 Å². The molecule has 0 amide bonds. The molecule has 1 aromatic rings. The SMILES string of the molecule is CCCCCCCCNCc1ccc([N+](=O)[O-])cc1Br. The average molecular weight is 343 g/mol. The largest absolute Gasteiger partial charge is 0.313 e. The molecule has 112 valence electrons. The highest BCUT2D eigenvalue weighted by atomic mass is 79.9. The Bertz CT molecular complexity index is 424. The summed E-state index contributed by atoms with van der Waals surface area (Å²) in [6.07, 6.45) is 7.74. The molecule has 5 heteroatoms. The van der Waals surface area contributed by atoms with Crippen molar-refractivity contribution in [2.24, 2.45) is 0 Å². The molecule has 0 fully saturated rings. The Morgan fingerprint density at radius 1 is 1.20 bits per heavy atom. The standard InChI is InChI=1S/C15H23BrN2O2/c1-2-3-4-5-6-7-10-17-12-13-8-9-14(18(19)20)11-15(13)16/h8-9,11,17H,2-7,10,12H2,1H3. The molecule has 1 N–H and O–H groups in total. The lowest BCUT2D eigenvalue weighted by molar-refractivity contribution is -0.384. The summed E-state index contributed by atoms with van der Waals surface area (Å²) in [6.45, 7) is 3.96. The minimum atomic E-state index is -0.377. The van der Waals surface area contributed by atoms with Crippen LogP contribution < -0.4 is 5.32 Å². The monoisotopic (exact) mass is 342 g/mol. The van der Waals surface area contributed by atoms with Crippen molar-refractivity contribution in [3.8, 4) is 0 Å². The van der Waals surface area contributed by atoms with Crippen LogP contribution in [-0.4, -0.2) is 11.5 Å². The van der Waals surface area contributed by atoms with Crippen LogP contribution in [0.5, 0.6) is 0 Å². The Labute approximate surface area is 129 Å². The van der Waals surface area contributed by atoms with E-state index in [0.29, 0.717) is 0 Å². The third kappa shape index (κ3) is 6.48. The van der Waals surface area contributed by atoms with E-state index in [1.54, 1.807) is 18.2 Å². The second kappa shape index (κ2) is 9.88. The third-order valence-corrected chi connectivity index (χ3v) is 4.01. The summed E-state index contributed by atoms with van der Waals surface area (Å²) in [5.74, 6) is 0. The lowest BCUT2D eigenvalue weighted by Gasteiger charge is -2.07. The van der Waals surface area contributed by atoms with Gasteiger partial charge in [-0.2, -0.15) is 0 Å². The Morgan fingerprint density at radius 3 is 2.55 bits per heavy atom. The van der Waals surface area contributed by atoms with E-state index in [0.717, 1.165) is 23.1 Å². The minimum absolute atomic E-state index is 0.122. The Morgan fingerprint density at radius 2 is 1.90 bits per heavy atom. The minimum Gasteiger partial charge on any atom is -0.313 e. The summed E-state index contributed by atoms with van der Waals surface area (Å²) in [7, 11) is 0. The molecule has 0 bridgehead atoms. The fourth-order valence-electron chi connectivity index (χ4n) is 2.05. The number of nitro benzene ring substituents is 1. The van der Waals surface area contributed by atoms with Gasteiger partial charge in [0.05, 0.1) is 4.92 Å². The van der Waals surface area contributed by atoms with Gasteiger partial charge >= 0.3 is 0 Å². The van der Waals surface area contributed by atoms with E-state index >= 15 is 0 Å². The normalized spacial score (nSPS) is 10.7. The molecule has 20 heavy (non-hydrogen) atoms. The quantitative estimate of drug-likeness (QED) is 0.377. The molecule has 0 heterocycles. The first-order valence-corrected chi connectivity index (χ1v) is 8.08. The second-order valence-corrected chi connectivity index (χ2v) is 5.83. The van der Waals surface area contributed by atoms with E-state index in [9.17, 15) is 10.1 Å². The van der Waals surface area contributed by atoms with Gasteiger partial charge in [-0.05, 0) is 24.6 Å². The van der Waals surface area contributed by atoms with Gasteiger partial charge in [0.25, 0.3) is 5.69 Å².